The van der Waals surface area contributed by atoms with Crippen LogP contribution in [0.2, 0.25) is 0 Å². The van der Waals surface area contributed by atoms with E-state index in [1.807, 2.05) is 17.0 Å². The molecule has 0 radical (unpaired) electrons. The minimum atomic E-state index is -0.262. The van der Waals surface area contributed by atoms with Crippen LogP contribution < -0.4 is 5.32 Å². The normalized spacial score (nSPS) is 14.5. The Morgan fingerprint density at radius 3 is 2.74 bits per heavy atom. The van der Waals surface area contributed by atoms with Gasteiger partial charge in [-0.3, -0.25) is 4.79 Å². The molecule has 0 saturated heterocycles. The number of hydrogen-bond acceptors (Lipinski definition) is 7. The van der Waals surface area contributed by atoms with Crippen molar-refractivity contribution in [3.05, 3.63) is 59.8 Å². The standard InChI is InChI=1S/C22H25FN4O2S2/c23-17-10-8-16(9-11-17)14-27(18-5-2-1-3-6-18)20(28)15-30-22-26-25-21(31-22)24-13-19-7-4-12-29-19/h4,7-12,18H,1-3,5-6,13-15H2,(H,24,25). The van der Waals surface area contributed by atoms with E-state index in [-0.39, 0.29) is 17.8 Å². The van der Waals surface area contributed by atoms with Crippen LogP contribution in [0.4, 0.5) is 9.52 Å². The van der Waals surface area contributed by atoms with E-state index in [9.17, 15) is 9.18 Å². The molecule has 6 nitrogen and oxygen atoms in total. The Balaban J connectivity index is 1.34. The van der Waals surface area contributed by atoms with Gasteiger partial charge in [-0.15, -0.1) is 10.2 Å². The zero-order valence-electron chi connectivity index (χ0n) is 17.1. The first-order valence-corrected chi connectivity index (χ1v) is 12.2. The lowest BCUT2D eigenvalue weighted by atomic mass is 9.94. The van der Waals surface area contributed by atoms with Crippen molar-refractivity contribution in [2.45, 2.75) is 55.6 Å². The van der Waals surface area contributed by atoms with E-state index in [2.05, 4.69) is 15.5 Å². The Morgan fingerprint density at radius 2 is 2.00 bits per heavy atom. The SMILES string of the molecule is O=C(CSc1nnc(NCc2ccco2)s1)N(Cc1ccc(F)cc1)C1CCCCC1. The van der Waals surface area contributed by atoms with Gasteiger partial charge in [0.05, 0.1) is 18.6 Å². The first-order chi connectivity index (χ1) is 15.2. The number of anilines is 1. The van der Waals surface area contributed by atoms with Gasteiger partial charge in [0.2, 0.25) is 11.0 Å². The van der Waals surface area contributed by atoms with E-state index in [1.54, 1.807) is 18.4 Å². The largest absolute Gasteiger partial charge is 0.467 e. The highest BCUT2D eigenvalue weighted by Gasteiger charge is 2.26. The number of amides is 1. The predicted octanol–water partition coefficient (Wildman–Crippen LogP) is 5.34. The number of benzene rings is 1. The average molecular weight is 461 g/mol. The molecule has 2 aromatic heterocycles. The highest BCUT2D eigenvalue weighted by Crippen LogP contribution is 2.29. The molecule has 0 unspecified atom stereocenters. The van der Waals surface area contributed by atoms with Crippen molar-refractivity contribution in [1.82, 2.24) is 15.1 Å². The molecular formula is C22H25FN4O2S2. The van der Waals surface area contributed by atoms with Crippen LogP contribution in [-0.2, 0) is 17.9 Å². The lowest BCUT2D eigenvalue weighted by molar-refractivity contribution is -0.132. The minimum Gasteiger partial charge on any atom is -0.467 e. The first-order valence-electron chi connectivity index (χ1n) is 10.4. The predicted molar refractivity (Wildman–Crippen MR) is 120 cm³/mol. The van der Waals surface area contributed by atoms with Crippen molar-refractivity contribution in [2.75, 3.05) is 11.1 Å². The lowest BCUT2D eigenvalue weighted by Crippen LogP contribution is -2.41. The van der Waals surface area contributed by atoms with Gasteiger partial charge in [0.1, 0.15) is 11.6 Å². The maximum absolute atomic E-state index is 13.3. The number of hydrogen-bond donors (Lipinski definition) is 1. The van der Waals surface area contributed by atoms with E-state index in [4.69, 9.17) is 4.42 Å². The molecule has 1 N–H and O–H groups in total. The molecular weight excluding hydrogens is 435 g/mol. The number of nitrogens with zero attached hydrogens (tertiary/aromatic N) is 3. The van der Waals surface area contributed by atoms with Gasteiger partial charge < -0.3 is 14.6 Å². The molecule has 31 heavy (non-hydrogen) atoms. The number of furan rings is 1. The number of carbonyl (C=O) groups is 1. The summed E-state index contributed by atoms with van der Waals surface area (Å²) in [5.74, 6) is 0.956. The lowest BCUT2D eigenvalue weighted by Gasteiger charge is -2.34. The van der Waals surface area contributed by atoms with Crippen LogP contribution in [0.3, 0.4) is 0 Å². The van der Waals surface area contributed by atoms with E-state index in [0.717, 1.165) is 41.3 Å². The average Bonchev–Trinajstić information content (AvgIpc) is 3.48. The molecule has 3 aromatic rings. The Kier molecular flexibility index (Phi) is 7.58. The van der Waals surface area contributed by atoms with Crippen molar-refractivity contribution in [3.63, 3.8) is 0 Å². The Morgan fingerprint density at radius 1 is 1.19 bits per heavy atom. The van der Waals surface area contributed by atoms with Gasteiger partial charge in [-0.2, -0.15) is 0 Å². The van der Waals surface area contributed by atoms with Crippen LogP contribution in [-0.4, -0.2) is 32.8 Å². The van der Waals surface area contributed by atoms with Gasteiger partial charge in [-0.1, -0.05) is 54.5 Å². The number of halogens is 1. The van der Waals surface area contributed by atoms with Gasteiger partial charge in [0.25, 0.3) is 0 Å². The van der Waals surface area contributed by atoms with Gasteiger partial charge in [-0.25, -0.2) is 4.39 Å². The fraction of sp³-hybridized carbons (Fsp3) is 0.409. The van der Waals surface area contributed by atoms with Crippen LogP contribution in [0.1, 0.15) is 43.4 Å². The highest BCUT2D eigenvalue weighted by atomic mass is 32.2. The van der Waals surface area contributed by atoms with Gasteiger partial charge in [0, 0.05) is 12.6 Å². The fourth-order valence-electron chi connectivity index (χ4n) is 3.72. The second-order valence-corrected chi connectivity index (χ2v) is 9.73. The number of thioether (sulfide) groups is 1. The maximum atomic E-state index is 13.3. The van der Waals surface area contributed by atoms with E-state index in [1.165, 1.54) is 41.7 Å². The third kappa shape index (κ3) is 6.30. The summed E-state index contributed by atoms with van der Waals surface area (Å²) in [4.78, 5) is 15.1. The molecule has 4 rings (SSSR count). The molecule has 9 heteroatoms. The number of rotatable bonds is 9. The highest BCUT2D eigenvalue weighted by molar-refractivity contribution is 8.01. The van der Waals surface area contributed by atoms with Crippen molar-refractivity contribution in [3.8, 4) is 0 Å². The minimum absolute atomic E-state index is 0.0847. The monoisotopic (exact) mass is 460 g/mol. The van der Waals surface area contributed by atoms with Gasteiger partial charge in [-0.05, 0) is 42.7 Å². The molecule has 0 aliphatic heterocycles. The summed E-state index contributed by atoms with van der Waals surface area (Å²) < 4.78 is 19.3. The molecule has 1 amide bonds. The van der Waals surface area contributed by atoms with E-state index >= 15 is 0 Å². The molecule has 1 aromatic carbocycles. The van der Waals surface area contributed by atoms with Crippen molar-refractivity contribution in [2.24, 2.45) is 0 Å². The molecule has 2 heterocycles. The van der Waals surface area contributed by atoms with Crippen LogP contribution in [0.25, 0.3) is 0 Å². The summed E-state index contributed by atoms with van der Waals surface area (Å²) in [6, 6.07) is 10.4. The summed E-state index contributed by atoms with van der Waals surface area (Å²) in [6.07, 6.45) is 7.20. The summed E-state index contributed by atoms with van der Waals surface area (Å²) in [6.45, 7) is 1.05. The van der Waals surface area contributed by atoms with Crippen LogP contribution >= 0.6 is 23.1 Å². The van der Waals surface area contributed by atoms with Crippen LogP contribution in [0.5, 0.6) is 0 Å². The van der Waals surface area contributed by atoms with Crippen molar-refractivity contribution in [1.29, 1.82) is 0 Å². The van der Waals surface area contributed by atoms with Gasteiger partial charge >= 0.3 is 0 Å². The zero-order chi connectivity index (χ0) is 21.5. The third-order valence-electron chi connectivity index (χ3n) is 5.32. The van der Waals surface area contributed by atoms with Crippen molar-refractivity contribution >= 4 is 34.1 Å². The molecule has 1 saturated carbocycles. The molecule has 0 spiro atoms. The number of carbonyl (C=O) groups excluding carboxylic acids is 1. The maximum Gasteiger partial charge on any atom is 0.233 e. The van der Waals surface area contributed by atoms with Crippen LogP contribution in [0, 0.1) is 5.82 Å². The number of nitrogens with one attached hydrogen (secondary N) is 1. The second-order valence-electron chi connectivity index (χ2n) is 7.53. The Hall–Kier alpha value is -2.39. The molecule has 164 valence electrons. The first kappa shape index (κ1) is 21.8. The van der Waals surface area contributed by atoms with E-state index in [0.29, 0.717) is 24.0 Å². The molecule has 1 aliphatic carbocycles. The van der Waals surface area contributed by atoms with E-state index < -0.39 is 0 Å². The molecule has 1 aliphatic rings. The number of aromatic nitrogens is 2. The smallest absolute Gasteiger partial charge is 0.233 e. The fourth-order valence-corrected chi connectivity index (χ4v) is 5.36. The summed E-state index contributed by atoms with van der Waals surface area (Å²) in [5.41, 5.74) is 0.950. The van der Waals surface area contributed by atoms with Crippen LogP contribution in [0.15, 0.2) is 51.4 Å². The second kappa shape index (κ2) is 10.8. The van der Waals surface area contributed by atoms with Gasteiger partial charge in [0.15, 0.2) is 4.34 Å². The summed E-state index contributed by atoms with van der Waals surface area (Å²) in [5, 5.41) is 12.2. The molecule has 1 fully saturated rings. The quantitative estimate of drug-likeness (QED) is 0.435. The topological polar surface area (TPSA) is 71.3 Å². The zero-order valence-corrected chi connectivity index (χ0v) is 18.8. The third-order valence-corrected chi connectivity index (χ3v) is 7.32. The summed E-state index contributed by atoms with van der Waals surface area (Å²) >= 11 is 2.83. The van der Waals surface area contributed by atoms with Crippen molar-refractivity contribution < 1.29 is 13.6 Å². The summed E-state index contributed by atoms with van der Waals surface area (Å²) in [7, 11) is 0. The Labute approximate surface area is 189 Å². The molecule has 0 bridgehead atoms. The Bertz CT molecular complexity index is 956. The molecule has 0 atom stereocenters.